The Morgan fingerprint density at radius 2 is 1.00 bits per heavy atom. The molecule has 0 aromatic carbocycles. The Labute approximate surface area is 41.4 Å². The molecule has 0 heterocycles. The first-order valence-corrected chi connectivity index (χ1v) is 0.289. The van der Waals surface area contributed by atoms with Gasteiger partial charge in [0.25, 0.3) is 0 Å². The van der Waals surface area contributed by atoms with Crippen molar-refractivity contribution >= 4 is 0 Å². The van der Waals surface area contributed by atoms with Gasteiger partial charge in [-0.05, 0) is 0 Å². The SMILES string of the molecule is O.O.[NH3+][O].[V]. The molecular weight excluding hydrogens is 113 g/mol. The van der Waals surface area contributed by atoms with Crippen LogP contribution in [0.2, 0.25) is 0 Å². The molecule has 0 aliphatic heterocycles. The Hall–Kier alpha value is 0.424. The van der Waals surface area contributed by atoms with Crippen molar-refractivity contribution in [2.45, 2.75) is 0 Å². The van der Waals surface area contributed by atoms with E-state index in [1.54, 1.807) is 0 Å². The fourth-order valence-electron chi connectivity index (χ4n) is 0. The van der Waals surface area contributed by atoms with Gasteiger partial charge in [-0.2, -0.15) is 5.90 Å². The third-order valence-electron chi connectivity index (χ3n) is 0. The molecule has 0 aromatic rings. The van der Waals surface area contributed by atoms with Crippen LogP contribution >= 0.6 is 0 Å². The molecule has 0 unspecified atom stereocenters. The summed E-state index contributed by atoms with van der Waals surface area (Å²) in [4.78, 5) is 0. The molecular formula is H7NO3V+. The van der Waals surface area contributed by atoms with Crippen LogP contribution in [0.3, 0.4) is 0 Å². The smallest absolute Gasteiger partial charge is 0.0136 e. The molecule has 0 spiro atoms. The molecule has 0 aliphatic carbocycles. The van der Waals surface area contributed by atoms with Crippen LogP contribution in [0.1, 0.15) is 0 Å². The Kier molecular flexibility index (Phi) is 3010. The van der Waals surface area contributed by atoms with Gasteiger partial charge in [0.2, 0.25) is 0 Å². The van der Waals surface area contributed by atoms with Crippen LogP contribution < -0.4 is 5.90 Å². The van der Waals surface area contributed by atoms with E-state index in [0.717, 1.165) is 0 Å². The molecule has 0 atom stereocenters. The Morgan fingerprint density at radius 1 is 1.00 bits per heavy atom. The second kappa shape index (κ2) is 288. The van der Waals surface area contributed by atoms with Gasteiger partial charge in [-0.15, -0.1) is 0 Å². The van der Waals surface area contributed by atoms with Gasteiger partial charge in [-0.1, -0.05) is 0 Å². The molecule has 4 nitrogen and oxygen atoms in total. The minimum atomic E-state index is 0. The van der Waals surface area contributed by atoms with Crippen molar-refractivity contribution in [2.75, 3.05) is 0 Å². The summed E-state index contributed by atoms with van der Waals surface area (Å²) >= 11 is 0. The summed E-state index contributed by atoms with van der Waals surface area (Å²) in [7, 11) is 0. The monoisotopic (exact) mass is 120 g/mol. The van der Waals surface area contributed by atoms with E-state index in [1.807, 2.05) is 5.90 Å². The molecule has 2 radical (unpaired) electrons. The van der Waals surface area contributed by atoms with Crippen molar-refractivity contribution in [1.82, 2.24) is 0 Å². The first kappa shape index (κ1) is 52.3. The van der Waals surface area contributed by atoms with E-state index in [4.69, 9.17) is 5.21 Å². The van der Waals surface area contributed by atoms with Crippen molar-refractivity contribution in [3.63, 3.8) is 0 Å². The van der Waals surface area contributed by atoms with E-state index in [0.29, 0.717) is 0 Å². The minimum absolute atomic E-state index is 0. The predicted molar refractivity (Wildman–Crippen MR) is 10.8 cm³/mol. The summed E-state index contributed by atoms with van der Waals surface area (Å²) in [6.45, 7) is 0. The topological polar surface area (TPSA) is 111 Å². The third kappa shape index (κ3) is 144. The van der Waals surface area contributed by atoms with Gasteiger partial charge >= 0.3 is 0 Å². The standard InChI is InChI=1S/H3NO.2H2O.V/c1-2;;;/h1H3;2*1H2;/q+1;;;. The zero-order valence-corrected chi connectivity index (χ0v) is 3.96. The Morgan fingerprint density at radius 3 is 1.00 bits per heavy atom. The van der Waals surface area contributed by atoms with E-state index in [-0.39, 0.29) is 29.5 Å². The summed E-state index contributed by atoms with van der Waals surface area (Å²) in [5, 5.41) is 8.00. The van der Waals surface area contributed by atoms with Gasteiger partial charge in [0.05, 0.1) is 0 Å². The molecule has 0 amide bonds. The van der Waals surface area contributed by atoms with Gasteiger partial charge < -0.3 is 11.0 Å². The Balaban J connectivity index is -0.00000000167. The first-order chi connectivity index (χ1) is 1.00. The first-order valence-electron chi connectivity index (χ1n) is 0.289. The maximum absolute atomic E-state index is 8.00. The molecule has 0 aromatic heterocycles. The fraction of sp³-hybridized carbons (Fsp3) is 0. The van der Waals surface area contributed by atoms with Crippen LogP contribution in [0.25, 0.3) is 0 Å². The molecule has 0 rings (SSSR count). The van der Waals surface area contributed by atoms with E-state index < -0.39 is 0 Å². The van der Waals surface area contributed by atoms with Crippen LogP contribution in [-0.2, 0) is 23.8 Å². The molecule has 0 saturated carbocycles. The molecule has 5 heavy (non-hydrogen) atoms. The van der Waals surface area contributed by atoms with Crippen molar-refractivity contribution < 1.29 is 40.6 Å². The van der Waals surface area contributed by atoms with E-state index >= 15 is 0 Å². The normalized spacial score (nSPS) is 1.20. The number of hydrogen-bond acceptors (Lipinski definition) is 0. The van der Waals surface area contributed by atoms with Crippen molar-refractivity contribution in [1.29, 1.82) is 0 Å². The Bertz CT molecular complexity index is 6.85. The summed E-state index contributed by atoms with van der Waals surface area (Å²) in [6, 6.07) is 0. The third-order valence-corrected chi connectivity index (χ3v) is 0. The molecule has 5 heteroatoms. The summed E-state index contributed by atoms with van der Waals surface area (Å²) in [5.74, 6) is 2.00. The summed E-state index contributed by atoms with van der Waals surface area (Å²) < 4.78 is 0. The maximum atomic E-state index is 8.00. The summed E-state index contributed by atoms with van der Waals surface area (Å²) in [6.07, 6.45) is 0. The molecule has 0 fully saturated rings. The van der Waals surface area contributed by atoms with Gasteiger partial charge in [-0.3, -0.25) is 0 Å². The predicted octanol–water partition coefficient (Wildman–Crippen LogP) is -3.08. The quantitative estimate of drug-likeness (QED) is 0.327. The number of hydrogen-bond donors (Lipinski definition) is 1. The molecule has 0 bridgehead atoms. The van der Waals surface area contributed by atoms with Crippen molar-refractivity contribution in [3.05, 3.63) is 0 Å². The van der Waals surface area contributed by atoms with Crippen molar-refractivity contribution in [2.24, 2.45) is 0 Å². The minimum Gasteiger partial charge on any atom is -0.412 e. The van der Waals surface area contributed by atoms with Gasteiger partial charge in [0, 0.05) is 23.8 Å². The van der Waals surface area contributed by atoms with Gasteiger partial charge in [0.15, 0.2) is 0 Å². The van der Waals surface area contributed by atoms with Gasteiger partial charge in [0.1, 0.15) is 0 Å². The van der Waals surface area contributed by atoms with Crippen LogP contribution in [0.5, 0.6) is 0 Å². The number of rotatable bonds is 0. The largest absolute Gasteiger partial charge is 0.412 e. The molecule has 34 valence electrons. The average molecular weight is 120 g/mol. The molecule has 0 saturated heterocycles. The van der Waals surface area contributed by atoms with E-state index in [2.05, 4.69) is 0 Å². The second-order valence-electron chi connectivity index (χ2n) is 0. The second-order valence-corrected chi connectivity index (χ2v) is 0. The van der Waals surface area contributed by atoms with E-state index in [9.17, 15) is 0 Å². The average Bonchev–Trinajstić information content (AvgIpc) is 1.00. The van der Waals surface area contributed by atoms with Crippen LogP contribution in [-0.4, -0.2) is 11.0 Å². The number of quaternary nitrogens is 1. The van der Waals surface area contributed by atoms with E-state index in [1.165, 1.54) is 0 Å². The van der Waals surface area contributed by atoms with Crippen LogP contribution in [0, 0.1) is 0 Å². The van der Waals surface area contributed by atoms with Gasteiger partial charge in [-0.25, -0.2) is 0 Å². The van der Waals surface area contributed by atoms with Crippen LogP contribution in [0.4, 0.5) is 0 Å². The van der Waals surface area contributed by atoms with Crippen molar-refractivity contribution in [3.8, 4) is 0 Å². The zero-order valence-electron chi connectivity index (χ0n) is 2.56. The zero-order chi connectivity index (χ0) is 2.00. The fourth-order valence-corrected chi connectivity index (χ4v) is 0. The molecule has 7 N–H and O–H groups in total. The maximum Gasteiger partial charge on any atom is 0.0136 e. The molecule has 0 aliphatic rings. The summed E-state index contributed by atoms with van der Waals surface area (Å²) in [5.41, 5.74) is 0. The van der Waals surface area contributed by atoms with Crippen LogP contribution in [0.15, 0.2) is 0 Å².